The smallest absolute Gasteiger partial charge is 0.264 e. The first-order valence-corrected chi connectivity index (χ1v) is 13.3. The van der Waals surface area contributed by atoms with Crippen LogP contribution in [0.1, 0.15) is 18.1 Å². The van der Waals surface area contributed by atoms with Crippen LogP contribution in [-0.4, -0.2) is 47.4 Å². The Morgan fingerprint density at radius 3 is 2.45 bits per heavy atom. The number of carbonyl (C=O) groups is 1. The van der Waals surface area contributed by atoms with Gasteiger partial charge in [-0.2, -0.15) is 5.10 Å². The van der Waals surface area contributed by atoms with Crippen LogP contribution in [-0.2, 0) is 14.8 Å². The van der Waals surface area contributed by atoms with Crippen LogP contribution in [0.4, 0.5) is 5.69 Å². The van der Waals surface area contributed by atoms with Crippen LogP contribution in [0.15, 0.2) is 89.4 Å². The molecular weight excluding hydrogens is 506 g/mol. The highest BCUT2D eigenvalue weighted by atomic mass is 32.2. The average Bonchev–Trinajstić information content (AvgIpc) is 2.91. The molecule has 0 aliphatic rings. The van der Waals surface area contributed by atoms with E-state index in [1.165, 1.54) is 25.5 Å². The van der Waals surface area contributed by atoms with Crippen LogP contribution in [0.5, 0.6) is 17.2 Å². The van der Waals surface area contributed by atoms with Gasteiger partial charge in [-0.1, -0.05) is 42.5 Å². The molecule has 3 aromatic rings. The first-order valence-electron chi connectivity index (χ1n) is 11.8. The molecule has 3 aromatic carbocycles. The van der Waals surface area contributed by atoms with E-state index in [1.807, 2.05) is 13.8 Å². The van der Waals surface area contributed by atoms with E-state index in [0.29, 0.717) is 36.0 Å². The summed E-state index contributed by atoms with van der Waals surface area (Å²) in [5, 5.41) is 4.00. The zero-order valence-electron chi connectivity index (χ0n) is 21.6. The second kappa shape index (κ2) is 13.3. The van der Waals surface area contributed by atoms with Crippen molar-refractivity contribution in [2.24, 2.45) is 5.10 Å². The lowest BCUT2D eigenvalue weighted by atomic mass is 10.2. The standard InChI is InChI=1S/C28H31N3O6S/c1-5-17-37-26-16-13-22(18-27(26)36-6-2)19-29-30-28(32)20-31(24-9-7-8-10-25(24)35-4)38(33,34)23-14-11-21(3)12-15-23/h5,7-16,18-19H,1,6,17,20H2,2-4H3,(H,30,32)/b29-19-. The van der Waals surface area contributed by atoms with Crippen LogP contribution in [0, 0.1) is 6.92 Å². The zero-order valence-corrected chi connectivity index (χ0v) is 22.4. The first kappa shape index (κ1) is 28.3. The third-order valence-corrected chi connectivity index (χ3v) is 7.05. The number of nitrogens with one attached hydrogen (secondary N) is 1. The summed E-state index contributed by atoms with van der Waals surface area (Å²) >= 11 is 0. The molecule has 0 heterocycles. The Labute approximate surface area is 223 Å². The maximum atomic E-state index is 13.6. The molecule has 200 valence electrons. The van der Waals surface area contributed by atoms with Crippen molar-refractivity contribution in [3.8, 4) is 17.2 Å². The summed E-state index contributed by atoms with van der Waals surface area (Å²) in [5.41, 5.74) is 4.18. The van der Waals surface area contributed by atoms with Crippen molar-refractivity contribution in [1.29, 1.82) is 0 Å². The van der Waals surface area contributed by atoms with Crippen LogP contribution in [0.25, 0.3) is 0 Å². The van der Waals surface area contributed by atoms with E-state index in [2.05, 4.69) is 17.1 Å². The molecule has 9 nitrogen and oxygen atoms in total. The number of anilines is 1. The van der Waals surface area contributed by atoms with Crippen LogP contribution >= 0.6 is 0 Å². The van der Waals surface area contributed by atoms with E-state index in [0.717, 1.165) is 9.87 Å². The van der Waals surface area contributed by atoms with Gasteiger partial charge in [0, 0.05) is 0 Å². The fourth-order valence-electron chi connectivity index (χ4n) is 3.46. The Morgan fingerprint density at radius 1 is 1.03 bits per heavy atom. The molecule has 0 saturated carbocycles. The Morgan fingerprint density at radius 2 is 1.76 bits per heavy atom. The third-order valence-electron chi connectivity index (χ3n) is 5.28. The SMILES string of the molecule is C=CCOc1ccc(/C=N\NC(=O)CN(c2ccccc2OC)S(=O)(=O)c2ccc(C)cc2)cc1OCC. The first-order chi connectivity index (χ1) is 18.3. The minimum absolute atomic E-state index is 0.0486. The van der Waals surface area contributed by atoms with Gasteiger partial charge < -0.3 is 14.2 Å². The highest BCUT2D eigenvalue weighted by Gasteiger charge is 2.29. The van der Waals surface area contributed by atoms with Gasteiger partial charge in [-0.25, -0.2) is 13.8 Å². The maximum Gasteiger partial charge on any atom is 0.264 e. The zero-order chi connectivity index (χ0) is 27.5. The number of methoxy groups -OCH3 is 1. The largest absolute Gasteiger partial charge is 0.495 e. The minimum atomic E-state index is -4.10. The van der Waals surface area contributed by atoms with Gasteiger partial charge in [-0.15, -0.1) is 0 Å². The van der Waals surface area contributed by atoms with Gasteiger partial charge in [-0.05, 0) is 61.9 Å². The molecule has 0 aromatic heterocycles. The molecule has 0 radical (unpaired) electrons. The summed E-state index contributed by atoms with van der Waals surface area (Å²) in [4.78, 5) is 12.9. The monoisotopic (exact) mass is 537 g/mol. The number of benzene rings is 3. The number of aryl methyl sites for hydroxylation is 1. The van der Waals surface area contributed by atoms with E-state index < -0.39 is 22.5 Å². The number of rotatable bonds is 13. The van der Waals surface area contributed by atoms with Crippen molar-refractivity contribution in [3.63, 3.8) is 0 Å². The molecule has 1 amide bonds. The summed E-state index contributed by atoms with van der Waals surface area (Å²) in [6.45, 7) is 7.60. The Balaban J connectivity index is 1.82. The van der Waals surface area contributed by atoms with E-state index in [9.17, 15) is 13.2 Å². The molecule has 0 aliphatic carbocycles. The highest BCUT2D eigenvalue weighted by molar-refractivity contribution is 7.92. The maximum absolute atomic E-state index is 13.6. The minimum Gasteiger partial charge on any atom is -0.495 e. The highest BCUT2D eigenvalue weighted by Crippen LogP contribution is 2.32. The van der Waals surface area contributed by atoms with Crippen LogP contribution < -0.4 is 23.9 Å². The predicted molar refractivity (Wildman–Crippen MR) is 148 cm³/mol. The Hall–Kier alpha value is -4.31. The summed E-state index contributed by atoms with van der Waals surface area (Å²) in [5.74, 6) is 0.748. The van der Waals surface area contributed by atoms with Gasteiger partial charge in [0.25, 0.3) is 15.9 Å². The molecule has 3 rings (SSSR count). The average molecular weight is 538 g/mol. The van der Waals surface area contributed by atoms with Crippen molar-refractivity contribution in [2.45, 2.75) is 18.7 Å². The number of ether oxygens (including phenoxy) is 3. The number of hydrogen-bond donors (Lipinski definition) is 1. The molecule has 38 heavy (non-hydrogen) atoms. The second-order valence-corrected chi connectivity index (χ2v) is 9.89. The topological polar surface area (TPSA) is 107 Å². The summed E-state index contributed by atoms with van der Waals surface area (Å²) < 4.78 is 44.7. The van der Waals surface area contributed by atoms with Crippen LogP contribution in [0.2, 0.25) is 0 Å². The number of nitrogens with zero attached hydrogens (tertiary/aromatic N) is 2. The van der Waals surface area contributed by atoms with Gasteiger partial charge in [0.1, 0.15) is 18.9 Å². The van der Waals surface area contributed by atoms with E-state index >= 15 is 0 Å². The Bertz CT molecular complexity index is 1390. The normalized spacial score (nSPS) is 11.1. The fraction of sp³-hybridized carbons (Fsp3) is 0.214. The molecular formula is C28H31N3O6S. The molecule has 0 bridgehead atoms. The lowest BCUT2D eigenvalue weighted by Crippen LogP contribution is -2.39. The van der Waals surface area contributed by atoms with Crippen molar-refractivity contribution >= 4 is 27.8 Å². The molecule has 0 unspecified atom stereocenters. The van der Waals surface area contributed by atoms with Gasteiger partial charge in [0.05, 0.1) is 30.5 Å². The summed E-state index contributed by atoms with van der Waals surface area (Å²) in [6.07, 6.45) is 3.06. The third kappa shape index (κ3) is 7.13. The number of amides is 1. The van der Waals surface area contributed by atoms with E-state index in [4.69, 9.17) is 14.2 Å². The van der Waals surface area contributed by atoms with Crippen molar-refractivity contribution in [3.05, 3.63) is 90.5 Å². The fourth-order valence-corrected chi connectivity index (χ4v) is 4.89. The molecule has 0 fully saturated rings. The van der Waals surface area contributed by atoms with Crippen LogP contribution in [0.3, 0.4) is 0 Å². The summed E-state index contributed by atoms with van der Waals surface area (Å²) in [6, 6.07) is 18.2. The van der Waals surface area contributed by atoms with Gasteiger partial charge >= 0.3 is 0 Å². The number of hydrogen-bond acceptors (Lipinski definition) is 7. The summed E-state index contributed by atoms with van der Waals surface area (Å²) in [7, 11) is -2.66. The van der Waals surface area contributed by atoms with Crippen molar-refractivity contribution in [2.75, 3.05) is 31.2 Å². The number of sulfonamides is 1. The number of hydrazone groups is 1. The van der Waals surface area contributed by atoms with Gasteiger partial charge in [0.15, 0.2) is 11.5 Å². The molecule has 0 spiro atoms. The lowest BCUT2D eigenvalue weighted by molar-refractivity contribution is -0.119. The second-order valence-electron chi connectivity index (χ2n) is 8.03. The Kier molecular flexibility index (Phi) is 9.89. The van der Waals surface area contributed by atoms with Gasteiger partial charge in [-0.3, -0.25) is 9.10 Å². The number of para-hydroxylation sites is 2. The number of carbonyl (C=O) groups excluding carboxylic acids is 1. The quantitative estimate of drug-likeness (QED) is 0.198. The molecule has 0 aliphatic heterocycles. The molecule has 10 heteroatoms. The van der Waals surface area contributed by atoms with Gasteiger partial charge in [0.2, 0.25) is 0 Å². The molecule has 1 N–H and O–H groups in total. The molecule has 0 atom stereocenters. The lowest BCUT2D eigenvalue weighted by Gasteiger charge is -2.25. The van der Waals surface area contributed by atoms with E-state index in [1.54, 1.807) is 60.7 Å². The molecule has 0 saturated heterocycles. The predicted octanol–water partition coefficient (Wildman–Crippen LogP) is 4.31. The van der Waals surface area contributed by atoms with Crippen molar-refractivity contribution in [1.82, 2.24) is 5.43 Å². The van der Waals surface area contributed by atoms with Crippen molar-refractivity contribution < 1.29 is 27.4 Å². The van der Waals surface area contributed by atoms with E-state index in [-0.39, 0.29) is 10.6 Å².